The van der Waals surface area contributed by atoms with Crippen molar-refractivity contribution >= 4 is 33.3 Å². The van der Waals surface area contributed by atoms with E-state index in [0.717, 1.165) is 47.3 Å². The number of rotatable bonds is 11. The van der Waals surface area contributed by atoms with E-state index in [2.05, 4.69) is 57.3 Å². The van der Waals surface area contributed by atoms with Crippen molar-refractivity contribution in [3.63, 3.8) is 0 Å². The molecule has 2 heterocycles. The monoisotopic (exact) mass is 523 g/mol. The van der Waals surface area contributed by atoms with Crippen LogP contribution in [0.5, 0.6) is 5.75 Å². The van der Waals surface area contributed by atoms with Gasteiger partial charge in [-0.2, -0.15) is 0 Å². The lowest BCUT2D eigenvalue weighted by molar-refractivity contribution is -0.142. The van der Waals surface area contributed by atoms with Crippen molar-refractivity contribution in [2.75, 3.05) is 20.3 Å². The van der Waals surface area contributed by atoms with Crippen LogP contribution in [0.4, 0.5) is 0 Å². The molecule has 37 heavy (non-hydrogen) atoms. The number of methoxy groups -OCH3 is 1. The highest BCUT2D eigenvalue weighted by Crippen LogP contribution is 2.45. The molecule has 1 aromatic heterocycles. The minimum absolute atomic E-state index is 0.105. The lowest BCUT2D eigenvalue weighted by Crippen LogP contribution is -2.39. The Kier molecular flexibility index (Phi) is 7.95. The fourth-order valence-electron chi connectivity index (χ4n) is 4.88. The van der Waals surface area contributed by atoms with Gasteiger partial charge in [0, 0.05) is 20.6 Å². The van der Waals surface area contributed by atoms with Crippen LogP contribution in [0, 0.1) is 6.92 Å². The number of ether oxygens (including phenoxy) is 3. The van der Waals surface area contributed by atoms with E-state index in [-0.39, 0.29) is 16.9 Å². The Morgan fingerprint density at radius 3 is 2.46 bits per heavy atom. The van der Waals surface area contributed by atoms with Crippen LogP contribution in [-0.4, -0.2) is 43.8 Å². The quantitative estimate of drug-likeness (QED) is 0.240. The van der Waals surface area contributed by atoms with Crippen LogP contribution >= 0.6 is 11.3 Å². The largest absolute Gasteiger partial charge is 0.490 e. The predicted octanol–water partition coefficient (Wildman–Crippen LogP) is 6.16. The number of nitrogens with one attached hydrogen (secondary N) is 1. The van der Waals surface area contributed by atoms with Gasteiger partial charge in [0.15, 0.2) is 0 Å². The molecule has 2 unspecified atom stereocenters. The van der Waals surface area contributed by atoms with Gasteiger partial charge < -0.3 is 19.5 Å². The molecule has 0 aliphatic carbocycles. The van der Waals surface area contributed by atoms with Crippen molar-refractivity contribution in [3.05, 3.63) is 64.0 Å². The molecule has 4 rings (SSSR count). The summed E-state index contributed by atoms with van der Waals surface area (Å²) in [6, 6.07) is 13.8. The van der Waals surface area contributed by atoms with Gasteiger partial charge in [0.25, 0.3) is 5.91 Å². The number of aryl methyl sites for hydroxylation is 1. The summed E-state index contributed by atoms with van der Waals surface area (Å²) in [7, 11) is 1.31. The van der Waals surface area contributed by atoms with E-state index in [1.807, 2.05) is 12.1 Å². The molecule has 1 aliphatic heterocycles. The first-order valence-electron chi connectivity index (χ1n) is 13.0. The Balaban J connectivity index is 1.61. The van der Waals surface area contributed by atoms with E-state index in [9.17, 15) is 9.59 Å². The summed E-state index contributed by atoms with van der Waals surface area (Å²) in [5.74, 6) is 0.141. The molecular formula is C30H37NO5S. The number of epoxide rings is 1. The fraction of sp³-hybridized carbons (Fsp3) is 0.467. The smallest absolute Gasteiger partial charge is 0.328 e. The third-order valence-electron chi connectivity index (χ3n) is 7.78. The van der Waals surface area contributed by atoms with Crippen molar-refractivity contribution in [3.8, 4) is 5.75 Å². The summed E-state index contributed by atoms with van der Waals surface area (Å²) >= 11 is 1.73. The minimum atomic E-state index is -0.709. The first-order valence-corrected chi connectivity index (χ1v) is 13.8. The summed E-state index contributed by atoms with van der Waals surface area (Å²) in [4.78, 5) is 25.7. The van der Waals surface area contributed by atoms with Crippen LogP contribution in [0.1, 0.15) is 73.3 Å². The van der Waals surface area contributed by atoms with E-state index in [1.54, 1.807) is 24.3 Å². The zero-order chi connectivity index (χ0) is 26.8. The zero-order valence-electron chi connectivity index (χ0n) is 22.6. The van der Waals surface area contributed by atoms with Crippen LogP contribution in [0.2, 0.25) is 0 Å². The highest BCUT2D eigenvalue weighted by molar-refractivity contribution is 7.19. The van der Waals surface area contributed by atoms with Gasteiger partial charge in [-0.05, 0) is 73.9 Å². The molecule has 0 spiro atoms. The molecular weight excluding hydrogens is 486 g/mol. The Morgan fingerprint density at radius 1 is 1.14 bits per heavy atom. The van der Waals surface area contributed by atoms with Crippen LogP contribution in [0.25, 0.3) is 10.1 Å². The second-order valence-corrected chi connectivity index (χ2v) is 11.0. The number of carbonyl (C=O) groups is 2. The van der Waals surface area contributed by atoms with Crippen molar-refractivity contribution in [2.45, 2.75) is 70.9 Å². The van der Waals surface area contributed by atoms with Crippen LogP contribution < -0.4 is 10.1 Å². The first kappa shape index (κ1) is 27.1. The van der Waals surface area contributed by atoms with Crippen molar-refractivity contribution in [1.29, 1.82) is 0 Å². The van der Waals surface area contributed by atoms with Gasteiger partial charge in [0.1, 0.15) is 24.0 Å². The average molecular weight is 524 g/mol. The molecule has 1 N–H and O–H groups in total. The molecule has 1 amide bonds. The number of benzene rings is 2. The average Bonchev–Trinajstić information content (AvgIpc) is 3.57. The van der Waals surface area contributed by atoms with Gasteiger partial charge in [-0.3, -0.25) is 4.79 Å². The molecule has 2 aromatic carbocycles. The zero-order valence-corrected chi connectivity index (χ0v) is 23.4. The minimum Gasteiger partial charge on any atom is -0.490 e. The van der Waals surface area contributed by atoms with Crippen molar-refractivity contribution in [2.24, 2.45) is 0 Å². The molecule has 198 valence electrons. The number of amides is 1. The van der Waals surface area contributed by atoms with E-state index in [1.165, 1.54) is 17.6 Å². The second kappa shape index (κ2) is 10.8. The number of hydrogen-bond donors (Lipinski definition) is 1. The summed E-state index contributed by atoms with van der Waals surface area (Å²) in [5, 5.41) is 3.81. The normalized spacial score (nSPS) is 17.9. The standard InChI is InChI=1S/C30H37NO5S/c1-7-29(18-36-29)17-35-24-13-12-23(14-19(24)4)30(8-2,9-3)26-16-21-10-11-22(15-25(21)37-26)27(32)31-20(5)28(33)34-6/h10-16,20H,7-9,17-18H2,1-6H3,(H,31,32). The van der Waals surface area contributed by atoms with E-state index < -0.39 is 12.0 Å². The first-order chi connectivity index (χ1) is 17.7. The number of fused-ring (bicyclic) bond motifs is 1. The fourth-order valence-corrected chi connectivity index (χ4v) is 6.34. The maximum Gasteiger partial charge on any atom is 0.328 e. The van der Waals surface area contributed by atoms with Gasteiger partial charge in [-0.15, -0.1) is 11.3 Å². The van der Waals surface area contributed by atoms with Crippen LogP contribution in [0.3, 0.4) is 0 Å². The summed E-state index contributed by atoms with van der Waals surface area (Å²) < 4.78 is 17.5. The van der Waals surface area contributed by atoms with Gasteiger partial charge in [0.05, 0.1) is 13.7 Å². The summed E-state index contributed by atoms with van der Waals surface area (Å²) in [6.07, 6.45) is 2.86. The summed E-state index contributed by atoms with van der Waals surface area (Å²) in [6.45, 7) is 11.7. The number of thiophene rings is 1. The molecule has 1 saturated heterocycles. The highest BCUT2D eigenvalue weighted by Gasteiger charge is 2.44. The molecule has 2 atom stereocenters. The van der Waals surface area contributed by atoms with E-state index in [4.69, 9.17) is 14.2 Å². The third-order valence-corrected chi connectivity index (χ3v) is 9.08. The Bertz CT molecular complexity index is 1290. The lowest BCUT2D eigenvalue weighted by atomic mass is 9.74. The number of carbonyl (C=O) groups excluding carboxylic acids is 2. The maximum absolute atomic E-state index is 12.7. The van der Waals surface area contributed by atoms with Gasteiger partial charge in [-0.1, -0.05) is 39.0 Å². The lowest BCUT2D eigenvalue weighted by Gasteiger charge is -2.32. The topological polar surface area (TPSA) is 77.2 Å². The highest BCUT2D eigenvalue weighted by atomic mass is 32.1. The third kappa shape index (κ3) is 5.39. The maximum atomic E-state index is 12.7. The molecule has 6 nitrogen and oxygen atoms in total. The Labute approximate surface area is 223 Å². The molecule has 7 heteroatoms. The molecule has 0 radical (unpaired) electrons. The van der Waals surface area contributed by atoms with Gasteiger partial charge in [-0.25, -0.2) is 4.79 Å². The van der Waals surface area contributed by atoms with Gasteiger partial charge >= 0.3 is 5.97 Å². The predicted molar refractivity (Wildman–Crippen MR) is 148 cm³/mol. The SMILES string of the molecule is CCC1(COc2ccc(C(CC)(CC)c3cc4ccc(C(=O)NC(C)C(=O)OC)cc4s3)cc2C)CO1. The van der Waals surface area contributed by atoms with E-state index >= 15 is 0 Å². The summed E-state index contributed by atoms with van der Waals surface area (Å²) in [5.41, 5.74) is 2.67. The van der Waals surface area contributed by atoms with Gasteiger partial charge in [0.2, 0.25) is 0 Å². The second-order valence-electron chi connectivity index (χ2n) is 9.96. The Hall–Kier alpha value is -2.90. The van der Waals surface area contributed by atoms with Crippen molar-refractivity contribution in [1.82, 2.24) is 5.32 Å². The molecule has 3 aromatic rings. The van der Waals surface area contributed by atoms with E-state index in [0.29, 0.717) is 12.2 Å². The molecule has 0 bridgehead atoms. The molecule has 1 aliphatic rings. The van der Waals surface area contributed by atoms with Crippen LogP contribution in [-0.2, 0) is 19.7 Å². The van der Waals surface area contributed by atoms with Crippen molar-refractivity contribution < 1.29 is 23.8 Å². The molecule has 1 fully saturated rings. The van der Waals surface area contributed by atoms with Crippen LogP contribution in [0.15, 0.2) is 42.5 Å². The number of hydrogen-bond acceptors (Lipinski definition) is 6. The Morgan fingerprint density at radius 2 is 1.86 bits per heavy atom. The molecule has 0 saturated carbocycles. The number of esters is 1.